The summed E-state index contributed by atoms with van der Waals surface area (Å²) in [4.78, 5) is 38.8. The van der Waals surface area contributed by atoms with Gasteiger partial charge in [-0.25, -0.2) is 0 Å². The number of hydrogen-bond acceptors (Lipinski definition) is 8. The van der Waals surface area contributed by atoms with Gasteiger partial charge in [0.15, 0.2) is 0 Å². The summed E-state index contributed by atoms with van der Waals surface area (Å²) < 4.78 is 0. The Morgan fingerprint density at radius 1 is 0.303 bits per heavy atom. The van der Waals surface area contributed by atoms with E-state index in [0.717, 1.165) is 0 Å². The normalized spacial score (nSPS) is 10.5. The van der Waals surface area contributed by atoms with Crippen molar-refractivity contribution >= 4 is 9.05 Å². The van der Waals surface area contributed by atoms with Gasteiger partial charge in [0.25, 0.3) is 0 Å². The van der Waals surface area contributed by atoms with Crippen molar-refractivity contribution in [2.45, 2.75) is 83.1 Å². The lowest BCUT2D eigenvalue weighted by Gasteiger charge is -2.13. The zero-order valence-electron chi connectivity index (χ0n) is 24.6. The molecule has 0 aliphatic heterocycles. The maximum absolute atomic E-state index is 7.33. The van der Waals surface area contributed by atoms with Crippen molar-refractivity contribution in [2.24, 2.45) is 0 Å². The molecule has 0 aliphatic rings. The first-order valence-corrected chi connectivity index (χ1v) is 15.0. The van der Waals surface area contributed by atoms with Crippen LogP contribution in [-0.4, -0.2) is 126 Å². The van der Waals surface area contributed by atoms with Crippen molar-refractivity contribution in [3.8, 4) is 0 Å². The van der Waals surface area contributed by atoms with Crippen molar-refractivity contribution in [1.29, 1.82) is 0 Å². The van der Waals surface area contributed by atoms with Crippen LogP contribution in [0.15, 0.2) is 0 Å². The number of hydrogen-bond donors (Lipinski definition) is 4. The van der Waals surface area contributed by atoms with E-state index in [4.69, 9.17) is 19.2 Å². The summed E-state index contributed by atoms with van der Waals surface area (Å²) in [5.74, 6) is 0. The lowest BCUT2D eigenvalue weighted by Crippen LogP contribution is -2.33. The monoisotopic (exact) mass is 500 g/mol. The second kappa shape index (κ2) is 34.1. The molecule has 8 nitrogen and oxygen atoms in total. The van der Waals surface area contributed by atoms with Crippen molar-refractivity contribution in [1.82, 2.24) is 19.6 Å². The fourth-order valence-electron chi connectivity index (χ4n) is 2.68. The molecule has 208 valence electrons. The minimum atomic E-state index is -4.61. The first-order valence-electron chi connectivity index (χ1n) is 13.2. The van der Waals surface area contributed by atoms with Gasteiger partial charge in [-0.3, -0.25) is 0 Å². The molecule has 9 heteroatoms. The molecule has 0 heterocycles. The van der Waals surface area contributed by atoms with E-state index in [9.17, 15) is 0 Å². The van der Waals surface area contributed by atoms with Gasteiger partial charge in [-0.2, -0.15) is 0 Å². The molecule has 0 fully saturated rings. The Morgan fingerprint density at radius 2 is 0.364 bits per heavy atom. The Morgan fingerprint density at radius 3 is 0.364 bits per heavy atom. The molecule has 0 radical (unpaired) electrons. The van der Waals surface area contributed by atoms with Crippen molar-refractivity contribution in [3.63, 3.8) is 0 Å². The molecule has 0 saturated heterocycles. The highest BCUT2D eigenvalue weighted by atomic mass is 28.4. The molecular formula is C24H64N4O4Si. The van der Waals surface area contributed by atoms with E-state index in [0.29, 0.717) is 0 Å². The molecule has 0 aliphatic carbocycles. The highest BCUT2D eigenvalue weighted by Gasteiger charge is 2.22. The van der Waals surface area contributed by atoms with E-state index in [1.807, 2.05) is 0 Å². The minimum Gasteiger partial charge on any atom is -0.368 e. The van der Waals surface area contributed by atoms with E-state index in [-0.39, 0.29) is 0 Å². The van der Waals surface area contributed by atoms with Crippen LogP contribution >= 0.6 is 0 Å². The quantitative estimate of drug-likeness (QED) is 0.304. The molecule has 0 aromatic heterocycles. The first kappa shape index (κ1) is 43.0. The van der Waals surface area contributed by atoms with Crippen LogP contribution in [-0.2, 0) is 0 Å². The van der Waals surface area contributed by atoms with E-state index >= 15 is 0 Å². The highest BCUT2D eigenvalue weighted by Crippen LogP contribution is 1.83. The number of rotatable bonds is 12. The van der Waals surface area contributed by atoms with Crippen LogP contribution in [0.5, 0.6) is 0 Å². The lowest BCUT2D eigenvalue weighted by molar-refractivity contribution is 0.117. The second-order valence-electron chi connectivity index (χ2n) is 7.08. The third-order valence-electron chi connectivity index (χ3n) is 5.37. The summed E-state index contributed by atoms with van der Waals surface area (Å²) in [6, 6.07) is 0. The van der Waals surface area contributed by atoms with Gasteiger partial charge in [-0.05, 0) is 78.5 Å². The third-order valence-corrected chi connectivity index (χ3v) is 5.37. The Labute approximate surface area is 209 Å². The van der Waals surface area contributed by atoms with Gasteiger partial charge >= 0.3 is 9.05 Å². The standard InChI is InChI=1S/4C6H15N.H4O4Si/c4*1-4-7(5-2)6-3;1-5(2,3)4/h4*4-6H2,1-3H3;1-4H. The first-order chi connectivity index (χ1) is 15.4. The summed E-state index contributed by atoms with van der Waals surface area (Å²) in [5.41, 5.74) is 0. The molecule has 0 atom stereocenters. The van der Waals surface area contributed by atoms with Crippen LogP contribution in [0.2, 0.25) is 0 Å². The maximum atomic E-state index is 7.33. The van der Waals surface area contributed by atoms with E-state index in [1.54, 1.807) is 0 Å². The molecule has 0 unspecified atom stereocenters. The lowest BCUT2D eigenvalue weighted by atomic mass is 10.5. The molecule has 0 saturated carbocycles. The Kier molecular flexibility index (Phi) is 44.4. The summed E-state index contributed by atoms with van der Waals surface area (Å²) >= 11 is 0. The summed E-state index contributed by atoms with van der Waals surface area (Å²) in [6.07, 6.45) is 0. The van der Waals surface area contributed by atoms with Gasteiger partial charge in [0, 0.05) is 0 Å². The molecule has 0 amide bonds. The average Bonchev–Trinajstić information content (AvgIpc) is 2.79. The Bertz CT molecular complexity index is 233. The molecular weight excluding hydrogens is 436 g/mol. The summed E-state index contributed by atoms with van der Waals surface area (Å²) in [6.45, 7) is 40.5. The smallest absolute Gasteiger partial charge is 0.368 e. The predicted molar refractivity (Wildman–Crippen MR) is 148 cm³/mol. The van der Waals surface area contributed by atoms with E-state index in [2.05, 4.69) is 103 Å². The van der Waals surface area contributed by atoms with Crippen LogP contribution < -0.4 is 0 Å². The largest absolute Gasteiger partial charge is 0.668 e. The van der Waals surface area contributed by atoms with E-state index in [1.165, 1.54) is 78.5 Å². The third kappa shape index (κ3) is 49.9. The van der Waals surface area contributed by atoms with Crippen molar-refractivity contribution in [3.05, 3.63) is 0 Å². The van der Waals surface area contributed by atoms with Crippen LogP contribution in [0.3, 0.4) is 0 Å². The van der Waals surface area contributed by atoms with Gasteiger partial charge in [0.2, 0.25) is 0 Å². The fourth-order valence-corrected chi connectivity index (χ4v) is 2.68. The van der Waals surface area contributed by atoms with Gasteiger partial charge in [-0.15, -0.1) is 0 Å². The predicted octanol–water partition coefficient (Wildman–Crippen LogP) is 2.78. The second-order valence-corrected chi connectivity index (χ2v) is 8.28. The van der Waals surface area contributed by atoms with Gasteiger partial charge in [-0.1, -0.05) is 83.1 Å². The molecule has 0 spiro atoms. The summed E-state index contributed by atoms with van der Waals surface area (Å²) in [5, 5.41) is 0. The molecule has 0 aromatic rings. The molecule has 0 rings (SSSR count). The van der Waals surface area contributed by atoms with Crippen LogP contribution in [0, 0.1) is 0 Å². The zero-order chi connectivity index (χ0) is 27.3. The van der Waals surface area contributed by atoms with Crippen molar-refractivity contribution < 1.29 is 19.2 Å². The minimum absolute atomic E-state index is 1.19. The zero-order valence-corrected chi connectivity index (χ0v) is 25.6. The average molecular weight is 501 g/mol. The SMILES string of the molecule is CCN(CC)CC.CCN(CC)CC.CCN(CC)CC.CCN(CC)CC.O[Si](O)(O)O. The van der Waals surface area contributed by atoms with Crippen LogP contribution in [0.4, 0.5) is 0 Å². The van der Waals surface area contributed by atoms with E-state index < -0.39 is 9.05 Å². The van der Waals surface area contributed by atoms with Crippen LogP contribution in [0.25, 0.3) is 0 Å². The van der Waals surface area contributed by atoms with Gasteiger partial charge in [0.1, 0.15) is 0 Å². The Hall–Kier alpha value is -0.103. The van der Waals surface area contributed by atoms with Gasteiger partial charge in [0.05, 0.1) is 0 Å². The topological polar surface area (TPSA) is 93.9 Å². The number of nitrogens with zero attached hydrogens (tertiary/aromatic N) is 4. The molecule has 33 heavy (non-hydrogen) atoms. The highest BCUT2D eigenvalue weighted by molar-refractivity contribution is 6.46. The summed E-state index contributed by atoms with van der Waals surface area (Å²) in [7, 11) is -4.61. The molecule has 4 N–H and O–H groups in total. The van der Waals surface area contributed by atoms with Gasteiger partial charge < -0.3 is 38.8 Å². The van der Waals surface area contributed by atoms with Crippen LogP contribution in [0.1, 0.15) is 83.1 Å². The van der Waals surface area contributed by atoms with Crippen molar-refractivity contribution in [2.75, 3.05) is 78.5 Å². The molecule has 0 bridgehead atoms. The maximum Gasteiger partial charge on any atom is 0.668 e. The fraction of sp³-hybridized carbons (Fsp3) is 1.00. The molecule has 0 aromatic carbocycles. The Balaban J connectivity index is -0.0000000995.